The first-order valence-corrected chi connectivity index (χ1v) is 9.48. The number of rotatable bonds is 4. The van der Waals surface area contributed by atoms with Crippen molar-refractivity contribution in [1.82, 2.24) is 0 Å². The number of allylic oxidation sites excluding steroid dienone is 1. The molecule has 3 rings (SSSR count). The Hall–Kier alpha value is -3.17. The Labute approximate surface area is 165 Å². The van der Waals surface area contributed by atoms with E-state index in [9.17, 15) is 17.2 Å². The van der Waals surface area contributed by atoms with Gasteiger partial charge in [-0.05, 0) is 23.6 Å². The molecule has 3 nitrogen and oxygen atoms in total. The van der Waals surface area contributed by atoms with Gasteiger partial charge in [0.15, 0.2) is 0 Å². The topological polar surface area (TPSA) is 46.2 Å². The molecule has 0 aliphatic carbocycles. The maximum atomic E-state index is 14.3. The van der Waals surface area contributed by atoms with Gasteiger partial charge in [0.25, 0.3) is 10.0 Å². The van der Waals surface area contributed by atoms with Gasteiger partial charge in [-0.15, -0.1) is 0 Å². The second-order valence-electron chi connectivity index (χ2n) is 5.71. The minimum absolute atomic E-state index is 0. The van der Waals surface area contributed by atoms with Crippen molar-refractivity contribution < 1.29 is 18.6 Å². The van der Waals surface area contributed by atoms with Gasteiger partial charge in [0.1, 0.15) is 11.6 Å². The highest BCUT2D eigenvalue weighted by atomic mass is 32.2. The summed E-state index contributed by atoms with van der Waals surface area (Å²) in [7, 11) is -4.11. The Balaban J connectivity index is 0.00000210. The van der Waals surface area contributed by atoms with Crippen molar-refractivity contribution in [3.05, 3.63) is 84.5 Å². The highest BCUT2D eigenvalue weighted by molar-refractivity contribution is 7.93. The van der Waals surface area contributed by atoms with Gasteiger partial charge in [0.05, 0.1) is 10.6 Å². The maximum absolute atomic E-state index is 14.3. The lowest BCUT2D eigenvalue weighted by molar-refractivity contribution is 0.589. The number of benzene rings is 3. The Morgan fingerprint density at radius 3 is 2.54 bits per heavy atom. The summed E-state index contributed by atoms with van der Waals surface area (Å²) in [5.41, 5.74) is -0.421. The summed E-state index contributed by atoms with van der Waals surface area (Å²) in [4.78, 5) is -0.0127. The average molecular weight is 401 g/mol. The summed E-state index contributed by atoms with van der Waals surface area (Å²) in [5.74, 6) is 3.54. The molecule has 0 unspecified atom stereocenters. The van der Waals surface area contributed by atoms with Crippen LogP contribution in [0, 0.1) is 23.5 Å². The van der Waals surface area contributed by atoms with E-state index >= 15 is 0 Å². The number of fused-ring (bicyclic) bond motifs is 1. The van der Waals surface area contributed by atoms with Crippen molar-refractivity contribution in [1.29, 1.82) is 0 Å². The molecule has 0 aliphatic heterocycles. The van der Waals surface area contributed by atoms with Crippen LogP contribution in [0.15, 0.2) is 72.1 Å². The fraction of sp³-hybridized carbons (Fsp3) is 0.0909. The SMILES string of the molecule is C.C=CC#CCc1cc(F)c(NS(=O)(=O)c2cccc3ccccc23)cc1F.[HH]. The van der Waals surface area contributed by atoms with Crippen LogP contribution in [0.2, 0.25) is 0 Å². The summed E-state index contributed by atoms with van der Waals surface area (Å²) < 4.78 is 56.1. The Bertz CT molecular complexity index is 1190. The predicted molar refractivity (Wildman–Crippen MR) is 112 cm³/mol. The fourth-order valence-electron chi connectivity index (χ4n) is 2.65. The highest BCUT2D eigenvalue weighted by Crippen LogP contribution is 2.27. The second-order valence-corrected chi connectivity index (χ2v) is 7.36. The quantitative estimate of drug-likeness (QED) is 0.584. The molecule has 0 saturated carbocycles. The summed E-state index contributed by atoms with van der Waals surface area (Å²) in [6, 6.07) is 13.5. The zero-order chi connectivity index (χ0) is 19.4. The molecule has 0 spiro atoms. The van der Waals surface area contributed by atoms with E-state index < -0.39 is 27.3 Å². The summed E-state index contributed by atoms with van der Waals surface area (Å²) in [5, 5.41) is 1.22. The zero-order valence-electron chi connectivity index (χ0n) is 14.2. The first-order valence-electron chi connectivity index (χ1n) is 8.00. The largest absolute Gasteiger partial charge is 0.277 e. The van der Waals surface area contributed by atoms with Crippen molar-refractivity contribution in [2.24, 2.45) is 0 Å². The highest BCUT2D eigenvalue weighted by Gasteiger charge is 2.20. The summed E-state index contributed by atoms with van der Waals surface area (Å²) in [6.45, 7) is 3.42. The molecule has 28 heavy (non-hydrogen) atoms. The van der Waals surface area contributed by atoms with Crippen LogP contribution in [-0.2, 0) is 16.4 Å². The van der Waals surface area contributed by atoms with Crippen LogP contribution >= 0.6 is 0 Å². The minimum atomic E-state index is -4.11. The minimum Gasteiger partial charge on any atom is -0.277 e. The van der Waals surface area contributed by atoms with Gasteiger partial charge in [0.2, 0.25) is 0 Å². The summed E-state index contributed by atoms with van der Waals surface area (Å²) in [6.07, 6.45) is 1.34. The number of sulfonamides is 1. The average Bonchev–Trinajstić information content (AvgIpc) is 2.65. The third-order valence-electron chi connectivity index (χ3n) is 3.90. The third-order valence-corrected chi connectivity index (χ3v) is 5.33. The normalized spacial score (nSPS) is 10.5. The molecular formula is C22H21F2NO2S. The summed E-state index contributed by atoms with van der Waals surface area (Å²) >= 11 is 0. The Morgan fingerprint density at radius 2 is 1.79 bits per heavy atom. The van der Waals surface area contributed by atoms with Crippen LogP contribution in [-0.4, -0.2) is 8.42 Å². The van der Waals surface area contributed by atoms with E-state index in [-0.39, 0.29) is 25.7 Å². The number of nitrogens with one attached hydrogen (secondary N) is 1. The van der Waals surface area contributed by atoms with E-state index in [1.165, 1.54) is 12.1 Å². The molecule has 0 aliphatic rings. The molecule has 3 aromatic rings. The van der Waals surface area contributed by atoms with Crippen LogP contribution in [0.3, 0.4) is 0 Å². The van der Waals surface area contributed by atoms with Gasteiger partial charge < -0.3 is 0 Å². The number of hydrogen-bond acceptors (Lipinski definition) is 2. The molecule has 1 N–H and O–H groups in total. The molecule has 3 aromatic carbocycles. The molecule has 0 radical (unpaired) electrons. The Kier molecular flexibility index (Phi) is 6.55. The van der Waals surface area contributed by atoms with Gasteiger partial charge >= 0.3 is 0 Å². The molecule has 0 amide bonds. The van der Waals surface area contributed by atoms with Gasteiger partial charge in [-0.3, -0.25) is 4.72 Å². The van der Waals surface area contributed by atoms with Crippen LogP contribution in [0.4, 0.5) is 14.5 Å². The first-order chi connectivity index (χ1) is 12.9. The van der Waals surface area contributed by atoms with Crippen molar-refractivity contribution in [2.45, 2.75) is 18.7 Å². The molecule has 0 heterocycles. The smallest absolute Gasteiger partial charge is 0.262 e. The fourth-order valence-corrected chi connectivity index (χ4v) is 3.94. The zero-order valence-corrected chi connectivity index (χ0v) is 15.0. The van der Waals surface area contributed by atoms with Crippen molar-refractivity contribution in [3.63, 3.8) is 0 Å². The van der Waals surface area contributed by atoms with Crippen LogP contribution in [0.1, 0.15) is 14.4 Å². The standard InChI is InChI=1S/C21H15F2NO2S.CH4.H2/c1-2-3-4-9-16-13-19(23)20(14-18(16)22)24-27(25,26)21-12-7-10-15-8-5-6-11-17(15)21;;/h2,5-8,10-14,24H,1,9H2;1H4;1H. The lowest BCUT2D eigenvalue weighted by Gasteiger charge is -2.12. The van der Waals surface area contributed by atoms with E-state index in [4.69, 9.17) is 0 Å². The molecule has 0 fully saturated rings. The van der Waals surface area contributed by atoms with Crippen LogP contribution in [0.25, 0.3) is 10.8 Å². The number of anilines is 1. The van der Waals surface area contributed by atoms with E-state index in [2.05, 4.69) is 23.1 Å². The molecule has 0 bridgehead atoms. The van der Waals surface area contributed by atoms with E-state index in [1.54, 1.807) is 36.4 Å². The molecule has 0 atom stereocenters. The molecule has 0 saturated heterocycles. The number of halogens is 2. The molecule has 146 valence electrons. The van der Waals surface area contributed by atoms with Crippen molar-refractivity contribution in [3.8, 4) is 11.8 Å². The van der Waals surface area contributed by atoms with Gasteiger partial charge in [-0.2, -0.15) is 0 Å². The van der Waals surface area contributed by atoms with Crippen LogP contribution < -0.4 is 4.72 Å². The lowest BCUT2D eigenvalue weighted by atomic mass is 10.1. The van der Waals surface area contributed by atoms with E-state index in [0.717, 1.165) is 17.5 Å². The van der Waals surface area contributed by atoms with E-state index in [0.29, 0.717) is 5.39 Å². The molecule has 0 aromatic heterocycles. The second kappa shape index (κ2) is 8.68. The van der Waals surface area contributed by atoms with E-state index in [1.807, 2.05) is 0 Å². The number of hydrogen-bond donors (Lipinski definition) is 1. The van der Waals surface area contributed by atoms with Crippen LogP contribution in [0.5, 0.6) is 0 Å². The van der Waals surface area contributed by atoms with Gasteiger partial charge in [-0.25, -0.2) is 17.2 Å². The molecule has 6 heteroatoms. The predicted octanol–water partition coefficient (Wildman–Crippen LogP) is 5.53. The van der Waals surface area contributed by atoms with Gasteiger partial charge in [0, 0.05) is 24.9 Å². The lowest BCUT2D eigenvalue weighted by Crippen LogP contribution is -2.15. The van der Waals surface area contributed by atoms with Gasteiger partial charge in [-0.1, -0.05) is 62.2 Å². The van der Waals surface area contributed by atoms with Crippen molar-refractivity contribution in [2.75, 3.05) is 4.72 Å². The monoisotopic (exact) mass is 401 g/mol. The van der Waals surface area contributed by atoms with Crippen molar-refractivity contribution >= 4 is 26.5 Å². The Morgan fingerprint density at radius 1 is 1.07 bits per heavy atom. The third kappa shape index (κ3) is 4.38. The maximum Gasteiger partial charge on any atom is 0.262 e. The molecular weight excluding hydrogens is 380 g/mol. The first kappa shape index (κ1) is 21.1.